The molecule has 0 saturated heterocycles. The summed E-state index contributed by atoms with van der Waals surface area (Å²) in [6.07, 6.45) is 0. The van der Waals surface area contributed by atoms with Gasteiger partial charge in [-0.2, -0.15) is 0 Å². The monoisotopic (exact) mass is 297 g/mol. The van der Waals surface area contributed by atoms with Crippen molar-refractivity contribution in [3.05, 3.63) is 57.6 Å². The van der Waals surface area contributed by atoms with E-state index >= 15 is 0 Å². The first kappa shape index (κ1) is 13.6. The van der Waals surface area contributed by atoms with Crippen LogP contribution in [0.2, 0.25) is 10.0 Å². The predicted octanol–water partition coefficient (Wildman–Crippen LogP) is 5.18. The van der Waals surface area contributed by atoms with Gasteiger partial charge in [-0.15, -0.1) is 11.8 Å². The number of anilines is 1. The Kier molecular flexibility index (Phi) is 4.44. The summed E-state index contributed by atoms with van der Waals surface area (Å²) < 4.78 is 0. The van der Waals surface area contributed by atoms with Gasteiger partial charge in [0.2, 0.25) is 0 Å². The van der Waals surface area contributed by atoms with Gasteiger partial charge in [-0.25, -0.2) is 0 Å². The first-order valence-electron chi connectivity index (χ1n) is 5.50. The van der Waals surface area contributed by atoms with E-state index in [1.165, 1.54) is 4.90 Å². The molecule has 0 atom stereocenters. The van der Waals surface area contributed by atoms with E-state index < -0.39 is 0 Å². The third kappa shape index (κ3) is 3.14. The van der Waals surface area contributed by atoms with Crippen molar-refractivity contribution in [1.29, 1.82) is 0 Å². The quantitative estimate of drug-likeness (QED) is 0.624. The highest BCUT2D eigenvalue weighted by molar-refractivity contribution is 7.98. The molecule has 0 fully saturated rings. The van der Waals surface area contributed by atoms with Crippen molar-refractivity contribution in [3.8, 4) is 0 Å². The molecule has 0 saturated carbocycles. The van der Waals surface area contributed by atoms with Crippen LogP contribution in [0.15, 0.2) is 41.3 Å². The van der Waals surface area contributed by atoms with Crippen LogP contribution in [0.25, 0.3) is 0 Å². The van der Waals surface area contributed by atoms with Crippen LogP contribution in [-0.2, 0) is 5.75 Å². The third-order valence-electron chi connectivity index (χ3n) is 2.67. The lowest BCUT2D eigenvalue weighted by Crippen LogP contribution is -1.89. The third-order valence-corrected chi connectivity index (χ3v) is 4.57. The molecule has 0 radical (unpaired) electrons. The Bertz CT molecular complexity index is 570. The van der Waals surface area contributed by atoms with E-state index in [1.54, 1.807) is 17.8 Å². The molecule has 0 aliphatic carbocycles. The molecule has 4 heteroatoms. The highest BCUT2D eigenvalue weighted by Gasteiger charge is 2.05. The van der Waals surface area contributed by atoms with E-state index in [9.17, 15) is 0 Å². The molecule has 0 amide bonds. The second-order valence-electron chi connectivity index (χ2n) is 4.02. The lowest BCUT2D eigenvalue weighted by Gasteiger charge is -2.07. The van der Waals surface area contributed by atoms with Gasteiger partial charge in [0.15, 0.2) is 0 Å². The molecule has 0 aliphatic heterocycles. The molecule has 94 valence electrons. The van der Waals surface area contributed by atoms with Gasteiger partial charge in [0.1, 0.15) is 0 Å². The van der Waals surface area contributed by atoms with Gasteiger partial charge in [-0.05, 0) is 42.3 Å². The van der Waals surface area contributed by atoms with Crippen LogP contribution in [0.5, 0.6) is 0 Å². The Morgan fingerprint density at radius 3 is 2.67 bits per heavy atom. The molecule has 1 nitrogen and oxygen atoms in total. The number of rotatable bonds is 3. The van der Waals surface area contributed by atoms with Gasteiger partial charge in [0.25, 0.3) is 0 Å². The predicted molar refractivity (Wildman–Crippen MR) is 81.6 cm³/mol. The molecule has 0 bridgehead atoms. The second kappa shape index (κ2) is 5.87. The number of hydrogen-bond acceptors (Lipinski definition) is 2. The van der Waals surface area contributed by atoms with E-state index in [2.05, 4.69) is 6.07 Å². The largest absolute Gasteiger partial charge is 0.399 e. The number of halogens is 2. The molecular weight excluding hydrogens is 285 g/mol. The maximum Gasteiger partial charge on any atom is 0.0632 e. The Morgan fingerprint density at radius 2 is 1.94 bits per heavy atom. The summed E-state index contributed by atoms with van der Waals surface area (Å²) in [7, 11) is 0. The van der Waals surface area contributed by atoms with E-state index in [-0.39, 0.29) is 0 Å². The number of thioether (sulfide) groups is 1. The van der Waals surface area contributed by atoms with Crippen LogP contribution in [0.1, 0.15) is 11.1 Å². The highest BCUT2D eigenvalue weighted by atomic mass is 35.5. The fourth-order valence-electron chi connectivity index (χ4n) is 1.56. The van der Waals surface area contributed by atoms with Gasteiger partial charge in [-0.3, -0.25) is 0 Å². The number of benzene rings is 2. The lowest BCUT2D eigenvalue weighted by molar-refractivity contribution is 1.34. The number of hydrogen-bond donors (Lipinski definition) is 1. The summed E-state index contributed by atoms with van der Waals surface area (Å²) in [6.45, 7) is 2.01. The summed E-state index contributed by atoms with van der Waals surface area (Å²) >= 11 is 13.9. The smallest absolute Gasteiger partial charge is 0.0632 e. The van der Waals surface area contributed by atoms with Crippen LogP contribution in [0.3, 0.4) is 0 Å². The molecule has 0 unspecified atom stereocenters. The van der Waals surface area contributed by atoms with Gasteiger partial charge >= 0.3 is 0 Å². The minimum absolute atomic E-state index is 0.600. The summed E-state index contributed by atoms with van der Waals surface area (Å²) in [6, 6.07) is 11.7. The SMILES string of the molecule is Cc1cc(SCc2cccc(Cl)c2Cl)ccc1N. The minimum atomic E-state index is 0.600. The highest BCUT2D eigenvalue weighted by Crippen LogP contribution is 2.31. The molecule has 2 N–H and O–H groups in total. The normalized spacial score (nSPS) is 10.6. The maximum atomic E-state index is 6.15. The molecule has 0 aromatic heterocycles. The topological polar surface area (TPSA) is 26.0 Å². The van der Waals surface area contributed by atoms with Gasteiger partial charge in [0.05, 0.1) is 10.0 Å². The number of nitrogens with two attached hydrogens (primary N) is 1. The van der Waals surface area contributed by atoms with E-state index in [0.717, 1.165) is 22.6 Å². The minimum Gasteiger partial charge on any atom is -0.399 e. The zero-order chi connectivity index (χ0) is 13.1. The van der Waals surface area contributed by atoms with Crippen LogP contribution in [0, 0.1) is 6.92 Å². The van der Waals surface area contributed by atoms with Crippen LogP contribution in [-0.4, -0.2) is 0 Å². The molecule has 18 heavy (non-hydrogen) atoms. The fourth-order valence-corrected chi connectivity index (χ4v) is 3.01. The van der Waals surface area contributed by atoms with E-state index in [4.69, 9.17) is 28.9 Å². The zero-order valence-electron chi connectivity index (χ0n) is 9.91. The van der Waals surface area contributed by atoms with Crippen molar-refractivity contribution in [2.24, 2.45) is 0 Å². The molecule has 2 rings (SSSR count). The molecule has 0 aliphatic rings. The summed E-state index contributed by atoms with van der Waals surface area (Å²) in [5.41, 5.74) is 8.75. The second-order valence-corrected chi connectivity index (χ2v) is 5.85. The van der Waals surface area contributed by atoms with Crippen molar-refractivity contribution >= 4 is 40.7 Å². The molecule has 0 heterocycles. The van der Waals surface area contributed by atoms with Crippen LogP contribution >= 0.6 is 35.0 Å². The standard InChI is InChI=1S/C14H13Cl2NS/c1-9-7-11(5-6-13(9)17)18-8-10-3-2-4-12(15)14(10)16/h2-7H,8,17H2,1H3. The maximum absolute atomic E-state index is 6.15. The summed E-state index contributed by atoms with van der Waals surface area (Å²) in [5, 5.41) is 1.24. The summed E-state index contributed by atoms with van der Waals surface area (Å²) in [4.78, 5) is 1.18. The lowest BCUT2D eigenvalue weighted by atomic mass is 10.2. The fraction of sp³-hybridized carbons (Fsp3) is 0.143. The van der Waals surface area contributed by atoms with Crippen LogP contribution in [0.4, 0.5) is 5.69 Å². The Hall–Kier alpha value is -0.830. The average molecular weight is 298 g/mol. The Labute approximate surface area is 121 Å². The molecule has 0 spiro atoms. The summed E-state index contributed by atoms with van der Waals surface area (Å²) in [5.74, 6) is 0.794. The van der Waals surface area contributed by atoms with Crippen molar-refractivity contribution in [3.63, 3.8) is 0 Å². The van der Waals surface area contributed by atoms with Crippen molar-refractivity contribution in [2.75, 3.05) is 5.73 Å². The molecule has 2 aromatic carbocycles. The first-order valence-corrected chi connectivity index (χ1v) is 7.24. The average Bonchev–Trinajstić information content (AvgIpc) is 2.35. The number of aryl methyl sites for hydroxylation is 1. The first-order chi connectivity index (χ1) is 8.58. The van der Waals surface area contributed by atoms with Gasteiger partial charge in [0, 0.05) is 16.3 Å². The van der Waals surface area contributed by atoms with E-state index in [1.807, 2.05) is 31.2 Å². The van der Waals surface area contributed by atoms with Gasteiger partial charge in [-0.1, -0.05) is 35.3 Å². The Balaban J connectivity index is 2.11. The van der Waals surface area contributed by atoms with Crippen molar-refractivity contribution < 1.29 is 0 Å². The number of nitrogen functional groups attached to an aromatic ring is 1. The van der Waals surface area contributed by atoms with Gasteiger partial charge < -0.3 is 5.73 Å². The van der Waals surface area contributed by atoms with Crippen molar-refractivity contribution in [2.45, 2.75) is 17.6 Å². The molecule has 2 aromatic rings. The van der Waals surface area contributed by atoms with E-state index in [0.29, 0.717) is 10.0 Å². The zero-order valence-corrected chi connectivity index (χ0v) is 12.2. The Morgan fingerprint density at radius 1 is 1.17 bits per heavy atom. The van der Waals surface area contributed by atoms with Crippen molar-refractivity contribution in [1.82, 2.24) is 0 Å². The van der Waals surface area contributed by atoms with Crippen LogP contribution < -0.4 is 5.73 Å². The molecular formula is C14H13Cl2NS.